The van der Waals surface area contributed by atoms with Gasteiger partial charge in [-0.05, 0) is 32.2 Å². The number of halogens is 1. The van der Waals surface area contributed by atoms with Crippen LogP contribution in [0.25, 0.3) is 10.9 Å². The number of fused-ring (bicyclic) bond motifs is 1. The van der Waals surface area contributed by atoms with Gasteiger partial charge in [-0.3, -0.25) is 0 Å². The molecule has 0 bridgehead atoms. The number of nitrogens with zero attached hydrogens (tertiary/aromatic N) is 2. The van der Waals surface area contributed by atoms with Crippen LogP contribution in [0, 0.1) is 6.92 Å². The van der Waals surface area contributed by atoms with Crippen molar-refractivity contribution in [3.63, 3.8) is 0 Å². The summed E-state index contributed by atoms with van der Waals surface area (Å²) in [6.07, 6.45) is 0. The van der Waals surface area contributed by atoms with Crippen LogP contribution in [0.4, 0.5) is 0 Å². The number of rotatable bonds is 2. The molecule has 0 saturated carbocycles. The number of aromatic nitrogens is 2. The fourth-order valence-electron chi connectivity index (χ4n) is 1.55. The highest BCUT2D eigenvalue weighted by molar-refractivity contribution is 9.10. The molecule has 0 saturated heterocycles. The Balaban J connectivity index is 2.62. The van der Waals surface area contributed by atoms with E-state index in [1.54, 1.807) is 0 Å². The van der Waals surface area contributed by atoms with Crippen molar-refractivity contribution < 1.29 is 0 Å². The molecule has 0 radical (unpaired) electrons. The normalized spacial score (nSPS) is 10.9. The van der Waals surface area contributed by atoms with Gasteiger partial charge in [-0.1, -0.05) is 15.9 Å². The summed E-state index contributed by atoms with van der Waals surface area (Å²) < 4.78 is 1.06. The molecule has 4 heteroatoms. The van der Waals surface area contributed by atoms with Crippen molar-refractivity contribution in [1.82, 2.24) is 15.3 Å². The summed E-state index contributed by atoms with van der Waals surface area (Å²) in [6.45, 7) is 2.71. The number of hydrogen-bond acceptors (Lipinski definition) is 3. The van der Waals surface area contributed by atoms with Crippen LogP contribution in [0.3, 0.4) is 0 Å². The summed E-state index contributed by atoms with van der Waals surface area (Å²) in [5.74, 6) is 0.838. The minimum absolute atomic E-state index is 0.701. The van der Waals surface area contributed by atoms with Crippen LogP contribution in [-0.4, -0.2) is 17.0 Å². The Labute approximate surface area is 97.1 Å². The molecule has 2 rings (SSSR count). The van der Waals surface area contributed by atoms with Crippen LogP contribution in [0.2, 0.25) is 0 Å². The Morgan fingerprint density at radius 1 is 1.33 bits per heavy atom. The maximum absolute atomic E-state index is 4.47. The minimum Gasteiger partial charge on any atom is -0.313 e. The van der Waals surface area contributed by atoms with Crippen molar-refractivity contribution in [3.05, 3.63) is 34.2 Å². The second kappa shape index (κ2) is 4.24. The highest BCUT2D eigenvalue weighted by Crippen LogP contribution is 2.20. The van der Waals surface area contributed by atoms with Crippen molar-refractivity contribution >= 4 is 26.8 Å². The van der Waals surface area contributed by atoms with E-state index >= 15 is 0 Å². The van der Waals surface area contributed by atoms with E-state index in [4.69, 9.17) is 0 Å². The third kappa shape index (κ3) is 2.16. The van der Waals surface area contributed by atoms with Crippen molar-refractivity contribution in [1.29, 1.82) is 0 Å². The summed E-state index contributed by atoms with van der Waals surface area (Å²) >= 11 is 3.45. The van der Waals surface area contributed by atoms with E-state index in [0.29, 0.717) is 6.54 Å². The van der Waals surface area contributed by atoms with Crippen molar-refractivity contribution in [3.8, 4) is 0 Å². The molecule has 2 aromatic rings. The van der Waals surface area contributed by atoms with Crippen molar-refractivity contribution in [2.24, 2.45) is 0 Å². The number of nitrogens with one attached hydrogen (secondary N) is 1. The van der Waals surface area contributed by atoms with Crippen molar-refractivity contribution in [2.45, 2.75) is 13.5 Å². The quantitative estimate of drug-likeness (QED) is 0.907. The third-order valence-electron chi connectivity index (χ3n) is 2.23. The average Bonchev–Trinajstić information content (AvgIpc) is 2.20. The lowest BCUT2D eigenvalue weighted by Crippen LogP contribution is -2.09. The van der Waals surface area contributed by atoms with Gasteiger partial charge in [-0.15, -0.1) is 0 Å². The molecule has 1 aromatic carbocycles. The fraction of sp³-hybridized carbons (Fsp3) is 0.273. The minimum atomic E-state index is 0.701. The van der Waals surface area contributed by atoms with E-state index < -0.39 is 0 Å². The molecule has 0 fully saturated rings. The summed E-state index contributed by atoms with van der Waals surface area (Å²) in [6, 6.07) is 6.05. The maximum Gasteiger partial charge on any atom is 0.143 e. The largest absolute Gasteiger partial charge is 0.313 e. The van der Waals surface area contributed by atoms with E-state index in [0.717, 1.165) is 26.9 Å². The molecule has 1 aromatic heterocycles. The summed E-state index contributed by atoms with van der Waals surface area (Å²) in [5.41, 5.74) is 2.02. The van der Waals surface area contributed by atoms with Gasteiger partial charge in [-0.25, -0.2) is 9.97 Å². The van der Waals surface area contributed by atoms with Gasteiger partial charge in [0.2, 0.25) is 0 Å². The lowest BCUT2D eigenvalue weighted by Gasteiger charge is -2.05. The van der Waals surface area contributed by atoms with E-state index in [1.807, 2.05) is 32.2 Å². The zero-order valence-electron chi connectivity index (χ0n) is 8.71. The van der Waals surface area contributed by atoms with Gasteiger partial charge in [0.05, 0.1) is 12.1 Å². The molecule has 0 unspecified atom stereocenters. The van der Waals surface area contributed by atoms with Gasteiger partial charge in [0.1, 0.15) is 5.82 Å². The molecule has 1 heterocycles. The van der Waals surface area contributed by atoms with Gasteiger partial charge in [0.25, 0.3) is 0 Å². The lowest BCUT2D eigenvalue weighted by molar-refractivity contribution is 0.760. The zero-order valence-corrected chi connectivity index (χ0v) is 10.3. The molecule has 15 heavy (non-hydrogen) atoms. The predicted molar refractivity (Wildman–Crippen MR) is 64.7 cm³/mol. The first kappa shape index (κ1) is 10.5. The maximum atomic E-state index is 4.47. The molecule has 3 nitrogen and oxygen atoms in total. The molecular formula is C11H12BrN3. The van der Waals surface area contributed by atoms with Crippen LogP contribution in [-0.2, 0) is 6.54 Å². The molecule has 0 spiro atoms. The fourth-order valence-corrected chi connectivity index (χ4v) is 1.91. The van der Waals surface area contributed by atoms with Crippen LogP contribution in [0.1, 0.15) is 11.5 Å². The summed E-state index contributed by atoms with van der Waals surface area (Å²) in [5, 5.41) is 4.15. The summed E-state index contributed by atoms with van der Waals surface area (Å²) in [4.78, 5) is 8.91. The monoisotopic (exact) mass is 265 g/mol. The molecule has 0 aliphatic carbocycles. The molecule has 0 aliphatic rings. The molecule has 0 atom stereocenters. The highest BCUT2D eigenvalue weighted by atomic mass is 79.9. The van der Waals surface area contributed by atoms with Crippen LogP contribution in [0.15, 0.2) is 22.7 Å². The second-order valence-electron chi connectivity index (χ2n) is 3.42. The van der Waals surface area contributed by atoms with Gasteiger partial charge in [0, 0.05) is 15.6 Å². The molecule has 1 N–H and O–H groups in total. The van der Waals surface area contributed by atoms with Gasteiger partial charge in [0.15, 0.2) is 0 Å². The standard InChI is InChI=1S/C11H12BrN3/c1-7-9-5-8(12)3-4-10(9)15-11(14-7)6-13-2/h3-5,13H,6H2,1-2H3. The number of hydrogen-bond donors (Lipinski definition) is 1. The smallest absolute Gasteiger partial charge is 0.143 e. The first-order valence-corrected chi connectivity index (χ1v) is 5.57. The Kier molecular flexibility index (Phi) is 2.98. The van der Waals surface area contributed by atoms with E-state index in [1.165, 1.54) is 0 Å². The molecule has 0 amide bonds. The van der Waals surface area contributed by atoms with E-state index in [-0.39, 0.29) is 0 Å². The number of aryl methyl sites for hydroxylation is 1. The number of benzene rings is 1. The SMILES string of the molecule is CNCc1nc(C)c2cc(Br)ccc2n1. The van der Waals surface area contributed by atoms with Gasteiger partial charge < -0.3 is 5.32 Å². The van der Waals surface area contributed by atoms with E-state index in [9.17, 15) is 0 Å². The van der Waals surface area contributed by atoms with Crippen molar-refractivity contribution in [2.75, 3.05) is 7.05 Å². The second-order valence-corrected chi connectivity index (χ2v) is 4.33. The van der Waals surface area contributed by atoms with Crippen LogP contribution < -0.4 is 5.32 Å². The molecule has 78 valence electrons. The van der Waals surface area contributed by atoms with Crippen LogP contribution >= 0.6 is 15.9 Å². The van der Waals surface area contributed by atoms with Crippen LogP contribution in [0.5, 0.6) is 0 Å². The topological polar surface area (TPSA) is 37.8 Å². The highest BCUT2D eigenvalue weighted by Gasteiger charge is 2.03. The molecular weight excluding hydrogens is 254 g/mol. The van der Waals surface area contributed by atoms with Gasteiger partial charge >= 0.3 is 0 Å². The zero-order chi connectivity index (χ0) is 10.8. The first-order valence-electron chi connectivity index (χ1n) is 4.78. The predicted octanol–water partition coefficient (Wildman–Crippen LogP) is 2.42. The van der Waals surface area contributed by atoms with E-state index in [2.05, 4.69) is 31.2 Å². The first-order chi connectivity index (χ1) is 7.20. The third-order valence-corrected chi connectivity index (χ3v) is 2.72. The Bertz CT molecular complexity index is 496. The summed E-state index contributed by atoms with van der Waals surface area (Å²) in [7, 11) is 1.89. The Hall–Kier alpha value is -1.00. The average molecular weight is 266 g/mol. The van der Waals surface area contributed by atoms with Gasteiger partial charge in [-0.2, -0.15) is 0 Å². The Morgan fingerprint density at radius 2 is 2.13 bits per heavy atom. The molecule has 0 aliphatic heterocycles. The lowest BCUT2D eigenvalue weighted by atomic mass is 10.2. The Morgan fingerprint density at radius 3 is 2.87 bits per heavy atom.